The summed E-state index contributed by atoms with van der Waals surface area (Å²) in [7, 11) is 3.46. The predicted molar refractivity (Wildman–Crippen MR) is 416 cm³/mol. The Balaban J connectivity index is 0.000000150. The Labute approximate surface area is 673 Å². The number of fused-ring (bicyclic) bond motifs is 3. The fraction of sp³-hybridized carbons (Fsp3) is 0.269. The lowest BCUT2D eigenvalue weighted by Crippen LogP contribution is -2.47. The number of nitrogens with two attached hydrogens (primary N) is 3. The van der Waals surface area contributed by atoms with Crippen LogP contribution in [0.2, 0.25) is 0 Å². The van der Waals surface area contributed by atoms with Gasteiger partial charge in [-0.1, -0.05) is 36.4 Å². The van der Waals surface area contributed by atoms with Crippen molar-refractivity contribution in [2.24, 2.45) is 38.3 Å². The molecule has 564 valence electrons. The van der Waals surface area contributed by atoms with Crippen molar-refractivity contribution in [2.45, 2.75) is 37.4 Å². The van der Waals surface area contributed by atoms with E-state index in [1.165, 1.54) is 148 Å². The molecule has 18 rings (SSSR count). The van der Waals surface area contributed by atoms with Crippen molar-refractivity contribution in [1.82, 2.24) is 103 Å². The van der Waals surface area contributed by atoms with Crippen LogP contribution in [0, 0.1) is 17.5 Å². The molecule has 3 atom stereocenters. The molecule has 15 aromatic rings. The van der Waals surface area contributed by atoms with Crippen LogP contribution in [-0.2, 0) is 37.7 Å². The average molecular weight is 1520 g/mol. The number of piperazine rings is 3. The minimum absolute atomic E-state index is 0.0365. The molecule has 0 unspecified atom stereocenters. The van der Waals surface area contributed by atoms with Crippen molar-refractivity contribution in [3.63, 3.8) is 0 Å². The van der Waals surface area contributed by atoms with Crippen LogP contribution in [0.5, 0.6) is 0 Å². The van der Waals surface area contributed by atoms with Crippen molar-refractivity contribution in [3.05, 3.63) is 254 Å². The van der Waals surface area contributed by atoms with E-state index in [9.17, 15) is 13.2 Å². The maximum absolute atomic E-state index is 13.5. The van der Waals surface area contributed by atoms with E-state index in [0.29, 0.717) is 71.0 Å². The molecule has 12 aromatic heterocycles. The van der Waals surface area contributed by atoms with E-state index in [4.69, 9.17) is 54.2 Å². The fourth-order valence-electron chi connectivity index (χ4n) is 11.7. The smallest absolute Gasteiger partial charge is 0.225 e. The van der Waals surface area contributed by atoms with Gasteiger partial charge in [0.25, 0.3) is 0 Å². The molecule has 3 aliphatic rings. The van der Waals surface area contributed by atoms with Gasteiger partial charge in [0.1, 0.15) is 53.0 Å². The van der Waals surface area contributed by atoms with Crippen LogP contribution in [0.4, 0.5) is 48.5 Å². The zero-order valence-corrected chi connectivity index (χ0v) is 59.0. The highest BCUT2D eigenvalue weighted by Gasteiger charge is 2.32. The SMILES string of the molecule is [2H]C([2H])([2H])n1cc(-c2cc3c(N4C([2H])([2H])C([2H])([2H])N(c5ncc([C@@](C)(N)c6ccc(F)cc6)cn5)C([2H])([2H])C4([2H])[2H])ncnn3c2)cn1.[2H]C1([2H])N(c2ncc([C@@](C)(N)c3ccc(F)cc3)cn2)C([2H])([2H])C([2H])([2H])N(c2ncnn3cc(-c4cnn(C)c4)cc23)C1([2H])[2H].[2H]C1([2H])N(c2ncc([C@@](C)(N)c3ccc(F)cc3)cn2)C([2H])([2H])C([2H])([2H])N(c2ncnn3cc(-c4cnn(C)c4)cc23)C1([2H])[2H]. The molecular weight excluding hydrogens is 1410 g/mol. The molecule has 0 radical (unpaired) electrons. The number of benzene rings is 3. The summed E-state index contributed by atoms with van der Waals surface area (Å²) in [5.74, 6) is -4.54. The summed E-state index contributed by atoms with van der Waals surface area (Å²) in [6, 6.07) is 20.8. The Morgan fingerprint density at radius 1 is 0.315 bits per heavy atom. The highest BCUT2D eigenvalue weighted by Crippen LogP contribution is 2.35. The molecule has 0 saturated carbocycles. The van der Waals surface area contributed by atoms with Gasteiger partial charge >= 0.3 is 0 Å². The first-order valence-electron chi connectivity index (χ1n) is 46.9. The quantitative estimate of drug-likeness (QED) is 0.0880. The lowest BCUT2D eigenvalue weighted by Gasteiger charge is -2.35. The first-order valence-corrected chi connectivity index (χ1v) is 33.4. The maximum Gasteiger partial charge on any atom is 0.225 e. The van der Waals surface area contributed by atoms with Gasteiger partial charge in [-0.3, -0.25) is 14.0 Å². The van der Waals surface area contributed by atoms with Gasteiger partial charge in [-0.25, -0.2) is 71.6 Å². The highest BCUT2D eigenvalue weighted by atomic mass is 19.1. The Hall–Kier alpha value is -13.1. The van der Waals surface area contributed by atoms with Gasteiger partial charge in [-0.2, -0.15) is 30.6 Å². The molecule has 3 saturated heterocycles. The number of rotatable bonds is 15. The molecule has 0 aliphatic carbocycles. The second kappa shape index (κ2) is 29.8. The van der Waals surface area contributed by atoms with Gasteiger partial charge in [0.05, 0.1) is 68.1 Å². The summed E-state index contributed by atoms with van der Waals surface area (Å²) in [4.78, 5) is 38.6. The Kier molecular flexibility index (Phi) is 12.6. The maximum atomic E-state index is 13.5. The lowest BCUT2D eigenvalue weighted by atomic mass is 9.87. The van der Waals surface area contributed by atoms with E-state index in [2.05, 4.69) is 75.4 Å². The largest absolute Gasteiger partial charge is 0.351 e. The van der Waals surface area contributed by atoms with E-state index in [-0.39, 0.29) is 53.3 Å². The Bertz CT molecular complexity index is 6740. The highest BCUT2D eigenvalue weighted by molar-refractivity contribution is 5.80. The molecule has 6 N–H and O–H groups in total. The van der Waals surface area contributed by atoms with E-state index < -0.39 is 143 Å². The molecule has 111 heavy (non-hydrogen) atoms. The van der Waals surface area contributed by atoms with Gasteiger partial charge < -0.3 is 46.6 Å². The van der Waals surface area contributed by atoms with Crippen molar-refractivity contribution >= 4 is 51.8 Å². The van der Waals surface area contributed by atoms with E-state index in [1.807, 2.05) is 0 Å². The second-order valence-corrected chi connectivity index (χ2v) is 25.7. The summed E-state index contributed by atoms with van der Waals surface area (Å²) in [6.45, 7) is -37.2. The van der Waals surface area contributed by atoms with Crippen LogP contribution < -0.4 is 46.6 Å². The van der Waals surface area contributed by atoms with E-state index >= 15 is 0 Å². The zero-order valence-electron chi connectivity index (χ0n) is 86.0. The fourth-order valence-corrected chi connectivity index (χ4v) is 11.7. The first kappa shape index (κ1) is 46.9. The minimum atomic E-state index is -3.34. The molecule has 0 amide bonds. The summed E-state index contributed by atoms with van der Waals surface area (Å²) in [6.07, 6.45) is 24.1. The number of hydrogen-bond donors (Lipinski definition) is 3. The second-order valence-electron chi connectivity index (χ2n) is 25.7. The van der Waals surface area contributed by atoms with E-state index in [1.54, 1.807) is 93.5 Å². The van der Waals surface area contributed by atoms with E-state index in [0.717, 1.165) is 23.7 Å². The molecule has 0 spiro atoms. The molecule has 0 bridgehead atoms. The van der Waals surface area contributed by atoms with Crippen LogP contribution in [0.25, 0.3) is 49.9 Å². The van der Waals surface area contributed by atoms with Gasteiger partial charge in [-0.05, 0) is 92.1 Å². The van der Waals surface area contributed by atoms with Crippen molar-refractivity contribution in [3.8, 4) is 33.4 Å². The summed E-state index contributed by atoms with van der Waals surface area (Å²) < 4.78 is 285. The minimum Gasteiger partial charge on any atom is -0.351 e. The van der Waals surface area contributed by atoms with Gasteiger partial charge in [0.2, 0.25) is 17.8 Å². The predicted octanol–water partition coefficient (Wildman–Crippen LogP) is 7.82. The molecule has 3 fully saturated rings. The summed E-state index contributed by atoms with van der Waals surface area (Å²) in [5.41, 5.74) is 21.6. The first-order chi connectivity index (χ1) is 63.9. The van der Waals surface area contributed by atoms with Crippen molar-refractivity contribution in [1.29, 1.82) is 0 Å². The van der Waals surface area contributed by atoms with Crippen molar-refractivity contribution < 1.29 is 50.2 Å². The topological polar surface area (TPSA) is 319 Å². The molecule has 3 aliphatic heterocycles. The number of halogens is 3. The molecule has 33 heteroatoms. The summed E-state index contributed by atoms with van der Waals surface area (Å²) in [5, 5.41) is 24.5. The standard InChI is InChI=1S/3C26H27FN10/c3*1-26(28,20-3-5-22(27)6-4-20)21-13-29-25(30-14-21)36-9-7-35(8-10-36)24-23-11-18(16-37(23)33-17-31-24)19-12-32-34(2)15-19/h3*3-6,11-17H,7-10,28H2,1-2H3/t3*26-/m000/s1/i2D3,7D2,8D2,9D2,10D2;2*7D2,8D2,9D2,10D2. The van der Waals surface area contributed by atoms with Crippen LogP contribution in [-0.4, -0.2) is 181 Å². The van der Waals surface area contributed by atoms with Crippen LogP contribution in [0.15, 0.2) is 203 Å². The van der Waals surface area contributed by atoms with Crippen LogP contribution in [0.1, 0.15) is 91.2 Å². The third-order valence-corrected chi connectivity index (χ3v) is 18.1. The molecule has 3 aromatic carbocycles. The third kappa shape index (κ3) is 14.9. The number of aromatic nitrogens is 21. The monoisotopic (exact) mass is 1520 g/mol. The number of aryl methyl sites for hydroxylation is 3. The number of nitrogens with zero attached hydrogens (tertiary/aromatic N) is 27. The average Bonchev–Trinajstić information content (AvgIpc) is 0.856. The normalized spacial score (nSPS) is 24.9. The lowest BCUT2D eigenvalue weighted by molar-refractivity contribution is 0.585. The van der Waals surface area contributed by atoms with Gasteiger partial charge in [-0.15, -0.1) is 0 Å². The third-order valence-electron chi connectivity index (χ3n) is 18.1. The number of hydrogen-bond acceptors (Lipinski definition) is 24. The molecule has 30 nitrogen and oxygen atoms in total. The molecular formula is C78H81F3N30. The van der Waals surface area contributed by atoms with Gasteiger partial charge in [0.15, 0.2) is 17.5 Å². The van der Waals surface area contributed by atoms with Gasteiger partial charge in [0, 0.05) is 228 Å². The Morgan fingerprint density at radius 3 is 0.820 bits per heavy atom. The summed E-state index contributed by atoms with van der Waals surface area (Å²) >= 11 is 0. The van der Waals surface area contributed by atoms with Crippen molar-refractivity contribution in [2.75, 3.05) is 107 Å². The number of anilines is 6. The van der Waals surface area contributed by atoms with Crippen LogP contribution in [0.3, 0.4) is 0 Å². The molecule has 15 heterocycles. The zero-order chi connectivity index (χ0) is 101. The Morgan fingerprint density at radius 2 is 0.568 bits per heavy atom. The van der Waals surface area contributed by atoms with Crippen LogP contribution >= 0.6 is 0 Å².